The van der Waals surface area contributed by atoms with Crippen LogP contribution in [0.1, 0.15) is 37.2 Å². The molecular formula is C20H23N5O. The van der Waals surface area contributed by atoms with Crippen molar-refractivity contribution in [2.45, 2.75) is 38.4 Å². The number of nitrogens with zero attached hydrogens (tertiary/aromatic N) is 4. The van der Waals surface area contributed by atoms with Crippen LogP contribution < -0.4 is 5.32 Å². The second-order valence-electron chi connectivity index (χ2n) is 6.83. The SMILES string of the molecule is CC(NC(=O)C1CCCN1Cc1ccccc1)c1nnc2ccccn12. The molecule has 1 saturated heterocycles. The number of amides is 1. The number of carbonyl (C=O) groups excluding carboxylic acids is 1. The van der Waals surface area contributed by atoms with E-state index in [1.165, 1.54) is 5.56 Å². The molecule has 1 aliphatic rings. The molecule has 0 bridgehead atoms. The van der Waals surface area contributed by atoms with E-state index in [4.69, 9.17) is 0 Å². The molecule has 0 aliphatic carbocycles. The largest absolute Gasteiger partial charge is 0.345 e. The molecule has 1 N–H and O–H groups in total. The summed E-state index contributed by atoms with van der Waals surface area (Å²) in [5, 5.41) is 11.5. The molecule has 1 amide bonds. The van der Waals surface area contributed by atoms with Crippen molar-refractivity contribution in [2.24, 2.45) is 0 Å². The van der Waals surface area contributed by atoms with E-state index in [1.54, 1.807) is 0 Å². The smallest absolute Gasteiger partial charge is 0.237 e. The lowest BCUT2D eigenvalue weighted by atomic mass is 10.1. The average Bonchev–Trinajstić information content (AvgIpc) is 3.29. The van der Waals surface area contributed by atoms with Gasteiger partial charge in [0.15, 0.2) is 11.5 Å². The van der Waals surface area contributed by atoms with Gasteiger partial charge >= 0.3 is 0 Å². The van der Waals surface area contributed by atoms with Gasteiger partial charge in [-0.1, -0.05) is 36.4 Å². The Morgan fingerprint density at radius 1 is 1.19 bits per heavy atom. The summed E-state index contributed by atoms with van der Waals surface area (Å²) in [5.41, 5.74) is 2.03. The summed E-state index contributed by atoms with van der Waals surface area (Å²) in [6, 6.07) is 15.8. The fraction of sp³-hybridized carbons (Fsp3) is 0.350. The molecule has 2 unspecified atom stereocenters. The number of likely N-dealkylation sites (tertiary alicyclic amines) is 1. The molecule has 0 saturated carbocycles. The molecule has 2 aromatic heterocycles. The van der Waals surface area contributed by atoms with Crippen LogP contribution in [0, 0.1) is 0 Å². The molecule has 2 atom stereocenters. The van der Waals surface area contributed by atoms with E-state index in [-0.39, 0.29) is 18.0 Å². The molecule has 6 nitrogen and oxygen atoms in total. The fourth-order valence-corrected chi connectivity index (χ4v) is 3.66. The van der Waals surface area contributed by atoms with Gasteiger partial charge in [-0.2, -0.15) is 0 Å². The summed E-state index contributed by atoms with van der Waals surface area (Å²) in [4.78, 5) is 15.1. The number of pyridine rings is 1. The van der Waals surface area contributed by atoms with Crippen molar-refractivity contribution in [3.63, 3.8) is 0 Å². The molecule has 6 heteroatoms. The maximum atomic E-state index is 12.9. The Labute approximate surface area is 152 Å². The Bertz CT molecular complexity index is 891. The summed E-state index contributed by atoms with van der Waals surface area (Å²) in [6.45, 7) is 3.72. The maximum absolute atomic E-state index is 12.9. The van der Waals surface area contributed by atoms with Crippen LogP contribution in [0.25, 0.3) is 5.65 Å². The first-order valence-electron chi connectivity index (χ1n) is 9.10. The van der Waals surface area contributed by atoms with Crippen molar-refractivity contribution in [2.75, 3.05) is 6.54 Å². The van der Waals surface area contributed by atoms with Crippen molar-refractivity contribution < 1.29 is 4.79 Å². The average molecular weight is 349 g/mol. The number of rotatable bonds is 5. The van der Waals surface area contributed by atoms with Gasteiger partial charge in [0.1, 0.15) is 0 Å². The molecule has 26 heavy (non-hydrogen) atoms. The summed E-state index contributed by atoms with van der Waals surface area (Å²) in [7, 11) is 0. The molecule has 1 aromatic carbocycles. The van der Waals surface area contributed by atoms with E-state index in [0.717, 1.165) is 37.4 Å². The Balaban J connectivity index is 1.45. The number of nitrogens with one attached hydrogen (secondary N) is 1. The van der Waals surface area contributed by atoms with Crippen LogP contribution in [0.5, 0.6) is 0 Å². The van der Waals surface area contributed by atoms with Crippen molar-refractivity contribution in [1.29, 1.82) is 0 Å². The van der Waals surface area contributed by atoms with Gasteiger partial charge in [-0.3, -0.25) is 14.1 Å². The number of hydrogen-bond acceptors (Lipinski definition) is 4. The highest BCUT2D eigenvalue weighted by Crippen LogP contribution is 2.21. The standard InChI is InChI=1S/C20H23N5O/c1-15(19-23-22-18-11-5-6-13-25(18)19)21-20(26)17-10-7-12-24(17)14-16-8-3-2-4-9-16/h2-6,8-9,11,13,15,17H,7,10,12,14H2,1H3,(H,21,26). The van der Waals surface area contributed by atoms with Gasteiger partial charge in [0.25, 0.3) is 0 Å². The highest BCUT2D eigenvalue weighted by atomic mass is 16.2. The normalized spacial score (nSPS) is 18.9. The minimum Gasteiger partial charge on any atom is -0.345 e. The van der Waals surface area contributed by atoms with Crippen molar-refractivity contribution in [1.82, 2.24) is 24.8 Å². The van der Waals surface area contributed by atoms with Crippen molar-refractivity contribution in [3.05, 3.63) is 66.1 Å². The van der Waals surface area contributed by atoms with Gasteiger partial charge in [0.05, 0.1) is 12.1 Å². The Morgan fingerprint density at radius 3 is 2.85 bits per heavy atom. The second kappa shape index (κ2) is 7.25. The molecule has 3 heterocycles. The fourth-order valence-electron chi connectivity index (χ4n) is 3.66. The van der Waals surface area contributed by atoms with Gasteiger partial charge in [-0.25, -0.2) is 0 Å². The van der Waals surface area contributed by atoms with E-state index >= 15 is 0 Å². The lowest BCUT2D eigenvalue weighted by Gasteiger charge is -2.25. The zero-order chi connectivity index (χ0) is 17.9. The number of hydrogen-bond donors (Lipinski definition) is 1. The van der Waals surface area contributed by atoms with E-state index < -0.39 is 0 Å². The lowest BCUT2D eigenvalue weighted by molar-refractivity contribution is -0.126. The zero-order valence-corrected chi connectivity index (χ0v) is 14.9. The third kappa shape index (κ3) is 3.32. The highest BCUT2D eigenvalue weighted by molar-refractivity contribution is 5.82. The van der Waals surface area contributed by atoms with Crippen LogP contribution in [-0.2, 0) is 11.3 Å². The summed E-state index contributed by atoms with van der Waals surface area (Å²) in [5.74, 6) is 0.820. The minimum absolute atomic E-state index is 0.0682. The molecule has 1 fully saturated rings. The Kier molecular flexibility index (Phi) is 4.67. The molecule has 1 aliphatic heterocycles. The number of fused-ring (bicyclic) bond motifs is 1. The number of aromatic nitrogens is 3. The van der Waals surface area contributed by atoms with Crippen LogP contribution in [0.2, 0.25) is 0 Å². The monoisotopic (exact) mass is 349 g/mol. The topological polar surface area (TPSA) is 62.5 Å². The van der Waals surface area contributed by atoms with Crippen molar-refractivity contribution in [3.8, 4) is 0 Å². The van der Waals surface area contributed by atoms with E-state index in [0.29, 0.717) is 0 Å². The lowest BCUT2D eigenvalue weighted by Crippen LogP contribution is -2.44. The molecule has 0 radical (unpaired) electrons. The van der Waals surface area contributed by atoms with Crippen LogP contribution in [0.3, 0.4) is 0 Å². The van der Waals surface area contributed by atoms with E-state index in [9.17, 15) is 4.79 Å². The van der Waals surface area contributed by atoms with Gasteiger partial charge < -0.3 is 5.32 Å². The van der Waals surface area contributed by atoms with Crippen LogP contribution in [0.4, 0.5) is 0 Å². The Hall–Kier alpha value is -2.73. The maximum Gasteiger partial charge on any atom is 0.237 e. The first-order valence-corrected chi connectivity index (χ1v) is 9.10. The molecule has 3 aromatic rings. The first kappa shape index (κ1) is 16.7. The number of carbonyl (C=O) groups is 1. The van der Waals surface area contributed by atoms with Crippen LogP contribution in [-0.4, -0.2) is 38.0 Å². The van der Waals surface area contributed by atoms with Gasteiger partial charge in [-0.15, -0.1) is 10.2 Å². The highest BCUT2D eigenvalue weighted by Gasteiger charge is 2.31. The van der Waals surface area contributed by atoms with Gasteiger partial charge in [0.2, 0.25) is 5.91 Å². The molecule has 0 spiro atoms. The second-order valence-corrected chi connectivity index (χ2v) is 6.83. The van der Waals surface area contributed by atoms with Crippen molar-refractivity contribution >= 4 is 11.6 Å². The minimum atomic E-state index is -0.195. The third-order valence-electron chi connectivity index (χ3n) is 4.98. The zero-order valence-electron chi connectivity index (χ0n) is 14.9. The van der Waals surface area contributed by atoms with Crippen LogP contribution >= 0.6 is 0 Å². The summed E-state index contributed by atoms with van der Waals surface area (Å²) >= 11 is 0. The third-order valence-corrected chi connectivity index (χ3v) is 4.98. The number of benzene rings is 1. The molecular weight excluding hydrogens is 326 g/mol. The predicted octanol–water partition coefficient (Wildman–Crippen LogP) is 2.57. The first-order chi connectivity index (χ1) is 12.7. The molecule has 4 rings (SSSR count). The van der Waals surface area contributed by atoms with E-state index in [1.807, 2.05) is 53.9 Å². The van der Waals surface area contributed by atoms with Crippen LogP contribution in [0.15, 0.2) is 54.7 Å². The molecule has 134 valence electrons. The Morgan fingerprint density at radius 2 is 2.00 bits per heavy atom. The van der Waals surface area contributed by atoms with Gasteiger partial charge in [0, 0.05) is 12.7 Å². The quantitative estimate of drug-likeness (QED) is 0.769. The van der Waals surface area contributed by atoms with Gasteiger partial charge in [-0.05, 0) is 44.0 Å². The summed E-state index contributed by atoms with van der Waals surface area (Å²) in [6.07, 6.45) is 3.86. The van der Waals surface area contributed by atoms with E-state index in [2.05, 4.69) is 32.5 Å². The predicted molar refractivity (Wildman–Crippen MR) is 99.4 cm³/mol. The summed E-state index contributed by atoms with van der Waals surface area (Å²) < 4.78 is 1.92.